The third kappa shape index (κ3) is 4.24. The van der Waals surface area contributed by atoms with Crippen LogP contribution in [0.2, 0.25) is 0 Å². The van der Waals surface area contributed by atoms with Crippen LogP contribution in [0.1, 0.15) is 18.4 Å². The maximum Gasteiger partial charge on any atom is 0.239 e. The highest BCUT2D eigenvalue weighted by Crippen LogP contribution is 2.12. The second-order valence-electron chi connectivity index (χ2n) is 3.50. The molecule has 0 radical (unpaired) electrons. The summed E-state index contributed by atoms with van der Waals surface area (Å²) in [6.45, 7) is 2.91. The molecule has 0 aliphatic rings. The van der Waals surface area contributed by atoms with Crippen LogP contribution in [0.5, 0.6) is 0 Å². The molecule has 1 rings (SSSR count). The van der Waals surface area contributed by atoms with Gasteiger partial charge < -0.3 is 5.32 Å². The highest BCUT2D eigenvalue weighted by Gasteiger charge is 2.01. The van der Waals surface area contributed by atoms with Crippen molar-refractivity contribution in [3.8, 4) is 0 Å². The minimum atomic E-state index is 0.442. The van der Waals surface area contributed by atoms with E-state index < -0.39 is 0 Å². The number of hydrogen-bond acceptors (Lipinski definition) is 6. The van der Waals surface area contributed by atoms with Crippen LogP contribution in [-0.2, 0) is 0 Å². The number of rotatable bonds is 7. The summed E-state index contributed by atoms with van der Waals surface area (Å²) in [7, 11) is 0. The van der Waals surface area contributed by atoms with Crippen molar-refractivity contribution in [1.82, 2.24) is 9.97 Å². The van der Waals surface area contributed by atoms with E-state index >= 15 is 0 Å². The monoisotopic (exact) mass is 241 g/mol. The molecule has 0 fully saturated rings. The Labute approximate surface area is 101 Å². The molecule has 1 aromatic heterocycles. The van der Waals surface area contributed by atoms with E-state index in [4.69, 9.17) is 5.84 Å². The van der Waals surface area contributed by atoms with Crippen molar-refractivity contribution in [2.75, 3.05) is 29.3 Å². The van der Waals surface area contributed by atoms with Gasteiger partial charge in [-0.2, -0.15) is 16.7 Å². The predicted octanol–water partition coefficient (Wildman–Crippen LogP) is 1.63. The van der Waals surface area contributed by atoms with Crippen LogP contribution in [0.25, 0.3) is 0 Å². The first-order valence-corrected chi connectivity index (χ1v) is 6.70. The molecule has 1 heterocycles. The standard InChI is InChI=1S/C10H19N5S/c1-8-7-13-10(15-11)14-9(8)12-5-3-4-6-16-2/h7H,3-6,11H2,1-2H3,(H2,12,13,14,15). The van der Waals surface area contributed by atoms with E-state index in [0.717, 1.165) is 24.3 Å². The summed E-state index contributed by atoms with van der Waals surface area (Å²) in [5.41, 5.74) is 3.47. The van der Waals surface area contributed by atoms with Gasteiger partial charge in [-0.15, -0.1) is 0 Å². The number of nitrogens with one attached hydrogen (secondary N) is 2. The highest BCUT2D eigenvalue weighted by atomic mass is 32.2. The van der Waals surface area contributed by atoms with Crippen molar-refractivity contribution in [2.45, 2.75) is 19.8 Å². The minimum absolute atomic E-state index is 0.442. The van der Waals surface area contributed by atoms with E-state index in [1.807, 2.05) is 18.7 Å². The first-order chi connectivity index (χ1) is 7.77. The van der Waals surface area contributed by atoms with Gasteiger partial charge in [-0.05, 0) is 31.8 Å². The van der Waals surface area contributed by atoms with Crippen molar-refractivity contribution in [2.24, 2.45) is 5.84 Å². The Morgan fingerprint density at radius 3 is 2.94 bits per heavy atom. The van der Waals surface area contributed by atoms with E-state index in [1.54, 1.807) is 6.20 Å². The number of unbranched alkanes of at least 4 members (excludes halogenated alkanes) is 1. The van der Waals surface area contributed by atoms with Crippen molar-refractivity contribution in [1.29, 1.82) is 0 Å². The van der Waals surface area contributed by atoms with E-state index in [-0.39, 0.29) is 0 Å². The van der Waals surface area contributed by atoms with Crippen LogP contribution in [0.3, 0.4) is 0 Å². The Morgan fingerprint density at radius 1 is 1.44 bits per heavy atom. The summed E-state index contributed by atoms with van der Waals surface area (Å²) in [5, 5.41) is 3.29. The fourth-order valence-corrected chi connectivity index (χ4v) is 1.76. The number of aryl methyl sites for hydroxylation is 1. The average molecular weight is 241 g/mol. The summed E-state index contributed by atoms with van der Waals surface area (Å²) in [6, 6.07) is 0. The molecule has 0 bridgehead atoms. The first kappa shape index (κ1) is 13.1. The van der Waals surface area contributed by atoms with Gasteiger partial charge in [0.15, 0.2) is 0 Å². The molecule has 0 aliphatic carbocycles. The summed E-state index contributed by atoms with van der Waals surface area (Å²) < 4.78 is 0. The van der Waals surface area contributed by atoms with Crippen LogP contribution in [0, 0.1) is 6.92 Å². The van der Waals surface area contributed by atoms with E-state index in [1.165, 1.54) is 12.2 Å². The SMILES string of the molecule is CSCCCCNc1nc(NN)ncc1C. The second-order valence-corrected chi connectivity index (χ2v) is 4.48. The molecule has 0 spiro atoms. The maximum atomic E-state index is 5.26. The third-order valence-electron chi connectivity index (χ3n) is 2.17. The van der Waals surface area contributed by atoms with Gasteiger partial charge in [-0.25, -0.2) is 10.8 Å². The van der Waals surface area contributed by atoms with Gasteiger partial charge in [0.05, 0.1) is 0 Å². The lowest BCUT2D eigenvalue weighted by Gasteiger charge is -2.09. The molecule has 4 N–H and O–H groups in total. The van der Waals surface area contributed by atoms with Crippen LogP contribution >= 0.6 is 11.8 Å². The van der Waals surface area contributed by atoms with Crippen LogP contribution in [-0.4, -0.2) is 28.5 Å². The number of nitrogens with zero attached hydrogens (tertiary/aromatic N) is 2. The molecule has 5 nitrogen and oxygen atoms in total. The van der Waals surface area contributed by atoms with Gasteiger partial charge in [0.25, 0.3) is 0 Å². The van der Waals surface area contributed by atoms with Gasteiger partial charge >= 0.3 is 0 Å². The van der Waals surface area contributed by atoms with E-state index in [0.29, 0.717) is 5.95 Å². The second kappa shape index (κ2) is 7.29. The molecule has 90 valence electrons. The van der Waals surface area contributed by atoms with Gasteiger partial charge in [-0.1, -0.05) is 0 Å². The first-order valence-electron chi connectivity index (χ1n) is 5.31. The van der Waals surface area contributed by atoms with Gasteiger partial charge in [0.1, 0.15) is 5.82 Å². The summed E-state index contributed by atoms with van der Waals surface area (Å²) in [5.74, 6) is 7.76. The molecule has 6 heteroatoms. The van der Waals surface area contributed by atoms with Crippen molar-refractivity contribution < 1.29 is 0 Å². The van der Waals surface area contributed by atoms with E-state index in [2.05, 4.69) is 27.0 Å². The summed E-state index contributed by atoms with van der Waals surface area (Å²) in [6.07, 6.45) is 6.25. The smallest absolute Gasteiger partial charge is 0.239 e. The van der Waals surface area contributed by atoms with Crippen LogP contribution < -0.4 is 16.6 Å². The number of nitrogens with two attached hydrogens (primary N) is 1. The van der Waals surface area contributed by atoms with Crippen molar-refractivity contribution >= 4 is 23.5 Å². The molecule has 16 heavy (non-hydrogen) atoms. The normalized spacial score (nSPS) is 10.2. The van der Waals surface area contributed by atoms with Crippen LogP contribution in [0.4, 0.5) is 11.8 Å². The lowest BCUT2D eigenvalue weighted by molar-refractivity contribution is 0.838. The minimum Gasteiger partial charge on any atom is -0.370 e. The lowest BCUT2D eigenvalue weighted by Crippen LogP contribution is -2.13. The molecule has 0 saturated carbocycles. The molecular weight excluding hydrogens is 222 g/mol. The van der Waals surface area contributed by atoms with Crippen molar-refractivity contribution in [3.05, 3.63) is 11.8 Å². The number of hydrazine groups is 1. The summed E-state index contributed by atoms with van der Waals surface area (Å²) >= 11 is 1.88. The Bertz CT molecular complexity index is 318. The zero-order valence-electron chi connectivity index (χ0n) is 9.79. The van der Waals surface area contributed by atoms with Gasteiger partial charge in [0.2, 0.25) is 5.95 Å². The molecule has 0 amide bonds. The summed E-state index contributed by atoms with van der Waals surface area (Å²) in [4.78, 5) is 8.27. The Morgan fingerprint density at radius 2 is 2.25 bits per heavy atom. The molecule has 0 saturated heterocycles. The fraction of sp³-hybridized carbons (Fsp3) is 0.600. The Hall–Kier alpha value is -1.01. The Balaban J connectivity index is 2.40. The molecule has 0 aliphatic heterocycles. The lowest BCUT2D eigenvalue weighted by atomic mass is 10.3. The third-order valence-corrected chi connectivity index (χ3v) is 2.87. The number of hydrogen-bond donors (Lipinski definition) is 3. The van der Waals surface area contributed by atoms with Crippen LogP contribution in [0.15, 0.2) is 6.20 Å². The number of thioether (sulfide) groups is 1. The topological polar surface area (TPSA) is 75.9 Å². The van der Waals surface area contributed by atoms with Gasteiger partial charge in [-0.3, -0.25) is 5.43 Å². The number of anilines is 2. The largest absolute Gasteiger partial charge is 0.370 e. The molecule has 0 unspecified atom stereocenters. The number of nitrogen functional groups attached to an aromatic ring is 1. The predicted molar refractivity (Wildman–Crippen MR) is 70.7 cm³/mol. The van der Waals surface area contributed by atoms with Gasteiger partial charge in [0, 0.05) is 18.3 Å². The zero-order chi connectivity index (χ0) is 11.8. The molecule has 0 atom stereocenters. The zero-order valence-corrected chi connectivity index (χ0v) is 10.6. The van der Waals surface area contributed by atoms with E-state index in [9.17, 15) is 0 Å². The molecular formula is C10H19N5S. The maximum absolute atomic E-state index is 5.26. The Kier molecular flexibility index (Phi) is 5.95. The average Bonchev–Trinajstić information content (AvgIpc) is 2.31. The van der Waals surface area contributed by atoms with Crippen molar-refractivity contribution in [3.63, 3.8) is 0 Å². The molecule has 1 aromatic rings. The quantitative estimate of drug-likeness (QED) is 0.383. The fourth-order valence-electron chi connectivity index (χ4n) is 1.27. The molecule has 0 aromatic carbocycles. The number of aromatic nitrogens is 2. The highest BCUT2D eigenvalue weighted by molar-refractivity contribution is 7.98.